The van der Waals surface area contributed by atoms with Crippen molar-refractivity contribution in [3.05, 3.63) is 0 Å². The summed E-state index contributed by atoms with van der Waals surface area (Å²) in [6.45, 7) is 2.82. The van der Waals surface area contributed by atoms with Gasteiger partial charge in [0.05, 0.1) is 0 Å². The third kappa shape index (κ3) is 0.686. The molecule has 2 N–H and O–H groups in total. The van der Waals surface area contributed by atoms with E-state index in [1.54, 1.807) is 0 Å². The van der Waals surface area contributed by atoms with Gasteiger partial charge in [-0.2, -0.15) is 0 Å². The lowest BCUT2D eigenvalue weighted by Gasteiger charge is -2.33. The normalized spacial score (nSPS) is 56.2. The summed E-state index contributed by atoms with van der Waals surface area (Å²) in [5.41, 5.74) is 0.346. The van der Waals surface area contributed by atoms with Gasteiger partial charge in [-0.05, 0) is 55.5 Å². The van der Waals surface area contributed by atoms with Crippen molar-refractivity contribution < 1.29 is 5.11 Å². The van der Waals surface area contributed by atoms with E-state index in [0.29, 0.717) is 12.0 Å². The van der Waals surface area contributed by atoms with Crippen LogP contribution in [0.2, 0.25) is 0 Å². The molecule has 1 saturated heterocycles. The maximum absolute atomic E-state index is 9.46. The highest BCUT2D eigenvalue weighted by atomic mass is 16.3. The SMILES string of the molecule is OCC12CCC(C1)C1CNCC12. The molecule has 0 spiro atoms. The van der Waals surface area contributed by atoms with E-state index < -0.39 is 0 Å². The zero-order valence-electron chi connectivity index (χ0n) is 7.42. The maximum atomic E-state index is 9.46. The van der Waals surface area contributed by atoms with Crippen molar-refractivity contribution in [2.75, 3.05) is 19.7 Å². The lowest BCUT2D eigenvalue weighted by molar-refractivity contribution is 0.0757. The van der Waals surface area contributed by atoms with Crippen LogP contribution in [-0.2, 0) is 0 Å². The van der Waals surface area contributed by atoms with Crippen LogP contribution in [0.1, 0.15) is 19.3 Å². The Morgan fingerprint density at radius 3 is 3.17 bits per heavy atom. The fourth-order valence-corrected chi connectivity index (χ4v) is 4.03. The third-order valence-corrected chi connectivity index (χ3v) is 4.65. The van der Waals surface area contributed by atoms with Crippen LogP contribution in [0.25, 0.3) is 0 Å². The van der Waals surface area contributed by atoms with E-state index >= 15 is 0 Å². The summed E-state index contributed by atoms with van der Waals surface area (Å²) >= 11 is 0. The van der Waals surface area contributed by atoms with Crippen molar-refractivity contribution in [1.82, 2.24) is 5.32 Å². The molecule has 2 aliphatic carbocycles. The molecule has 2 nitrogen and oxygen atoms in total. The molecule has 1 heterocycles. The molecule has 3 fully saturated rings. The number of nitrogens with one attached hydrogen (secondary N) is 1. The van der Waals surface area contributed by atoms with Gasteiger partial charge in [0.25, 0.3) is 0 Å². The molecule has 68 valence electrons. The molecule has 2 bridgehead atoms. The lowest BCUT2D eigenvalue weighted by Crippen LogP contribution is -2.33. The maximum Gasteiger partial charge on any atom is 0.0490 e. The average Bonchev–Trinajstić information content (AvgIpc) is 2.76. The molecular formula is C10H17NO. The smallest absolute Gasteiger partial charge is 0.0490 e. The van der Waals surface area contributed by atoms with Gasteiger partial charge in [-0.25, -0.2) is 0 Å². The number of rotatable bonds is 1. The van der Waals surface area contributed by atoms with E-state index in [0.717, 1.165) is 17.8 Å². The zero-order valence-corrected chi connectivity index (χ0v) is 7.42. The van der Waals surface area contributed by atoms with Gasteiger partial charge >= 0.3 is 0 Å². The monoisotopic (exact) mass is 167 g/mol. The number of hydrogen-bond acceptors (Lipinski definition) is 2. The van der Waals surface area contributed by atoms with Gasteiger partial charge in [0.2, 0.25) is 0 Å². The first-order valence-corrected chi connectivity index (χ1v) is 5.17. The van der Waals surface area contributed by atoms with Gasteiger partial charge < -0.3 is 10.4 Å². The lowest BCUT2D eigenvalue weighted by atomic mass is 9.72. The quantitative estimate of drug-likeness (QED) is 0.600. The minimum atomic E-state index is 0.346. The van der Waals surface area contributed by atoms with Crippen LogP contribution in [0.4, 0.5) is 0 Å². The summed E-state index contributed by atoms with van der Waals surface area (Å²) in [5.74, 6) is 2.66. The second-order valence-electron chi connectivity index (χ2n) is 4.95. The van der Waals surface area contributed by atoms with E-state index in [9.17, 15) is 5.11 Å². The van der Waals surface area contributed by atoms with Gasteiger partial charge in [0.15, 0.2) is 0 Å². The largest absolute Gasteiger partial charge is 0.396 e. The van der Waals surface area contributed by atoms with Gasteiger partial charge in [-0.1, -0.05) is 0 Å². The summed E-state index contributed by atoms with van der Waals surface area (Å²) in [5, 5.41) is 12.9. The van der Waals surface area contributed by atoms with Crippen LogP contribution in [0, 0.1) is 23.2 Å². The van der Waals surface area contributed by atoms with E-state index in [4.69, 9.17) is 0 Å². The Kier molecular flexibility index (Phi) is 1.37. The number of hydrogen-bond donors (Lipinski definition) is 2. The van der Waals surface area contributed by atoms with E-state index in [1.807, 2.05) is 0 Å². The molecule has 12 heavy (non-hydrogen) atoms. The van der Waals surface area contributed by atoms with Crippen LogP contribution in [-0.4, -0.2) is 24.8 Å². The van der Waals surface area contributed by atoms with Crippen LogP contribution in [0.5, 0.6) is 0 Å². The summed E-state index contributed by atoms with van der Waals surface area (Å²) < 4.78 is 0. The molecule has 4 atom stereocenters. The predicted octanol–water partition coefficient (Wildman–Crippen LogP) is 0.614. The Morgan fingerprint density at radius 1 is 1.42 bits per heavy atom. The van der Waals surface area contributed by atoms with Crippen LogP contribution >= 0.6 is 0 Å². The van der Waals surface area contributed by atoms with Crippen molar-refractivity contribution >= 4 is 0 Å². The Bertz CT molecular complexity index is 206. The third-order valence-electron chi connectivity index (χ3n) is 4.65. The van der Waals surface area contributed by atoms with E-state index in [1.165, 1.54) is 32.4 Å². The number of aliphatic hydroxyl groups excluding tert-OH is 1. The molecule has 0 aromatic rings. The topological polar surface area (TPSA) is 32.3 Å². The van der Waals surface area contributed by atoms with Crippen LogP contribution in [0.3, 0.4) is 0 Å². The highest BCUT2D eigenvalue weighted by molar-refractivity contribution is 5.09. The summed E-state index contributed by atoms with van der Waals surface area (Å²) in [6, 6.07) is 0. The van der Waals surface area contributed by atoms with E-state index in [-0.39, 0.29) is 0 Å². The molecule has 0 radical (unpaired) electrons. The fourth-order valence-electron chi connectivity index (χ4n) is 4.03. The molecule has 3 aliphatic rings. The predicted molar refractivity (Wildman–Crippen MR) is 46.7 cm³/mol. The molecule has 3 rings (SSSR count). The molecule has 0 aromatic heterocycles. The molecule has 2 heteroatoms. The van der Waals surface area contributed by atoms with Gasteiger partial charge in [0, 0.05) is 6.61 Å². The van der Waals surface area contributed by atoms with Crippen molar-refractivity contribution in [3.63, 3.8) is 0 Å². The Hall–Kier alpha value is -0.0800. The molecule has 0 amide bonds. The second-order valence-corrected chi connectivity index (χ2v) is 4.95. The number of fused-ring (bicyclic) bond motifs is 5. The first kappa shape index (κ1) is 7.34. The van der Waals surface area contributed by atoms with Gasteiger partial charge in [0.1, 0.15) is 0 Å². The first-order valence-electron chi connectivity index (χ1n) is 5.17. The van der Waals surface area contributed by atoms with E-state index in [2.05, 4.69) is 5.32 Å². The number of aliphatic hydroxyl groups is 1. The standard InChI is InChI=1S/C10H17NO/c12-6-10-2-1-7(3-10)8-4-11-5-9(8)10/h7-9,11-12H,1-6H2. The van der Waals surface area contributed by atoms with Crippen LogP contribution < -0.4 is 5.32 Å². The highest BCUT2D eigenvalue weighted by Crippen LogP contribution is 2.61. The molecule has 4 unspecified atom stereocenters. The Morgan fingerprint density at radius 2 is 2.33 bits per heavy atom. The van der Waals surface area contributed by atoms with Crippen molar-refractivity contribution in [2.24, 2.45) is 23.2 Å². The highest BCUT2D eigenvalue weighted by Gasteiger charge is 2.58. The van der Waals surface area contributed by atoms with Crippen LogP contribution in [0.15, 0.2) is 0 Å². The Balaban J connectivity index is 1.95. The summed E-state index contributed by atoms with van der Waals surface area (Å²) in [7, 11) is 0. The van der Waals surface area contributed by atoms with Crippen molar-refractivity contribution in [3.8, 4) is 0 Å². The molecule has 2 saturated carbocycles. The molecular weight excluding hydrogens is 150 g/mol. The second kappa shape index (κ2) is 2.24. The summed E-state index contributed by atoms with van der Waals surface area (Å²) in [4.78, 5) is 0. The zero-order chi connectivity index (χ0) is 8.18. The summed E-state index contributed by atoms with van der Waals surface area (Å²) in [6.07, 6.45) is 3.99. The average molecular weight is 167 g/mol. The van der Waals surface area contributed by atoms with Crippen molar-refractivity contribution in [2.45, 2.75) is 19.3 Å². The first-order chi connectivity index (χ1) is 5.86. The van der Waals surface area contributed by atoms with Gasteiger partial charge in [-0.3, -0.25) is 0 Å². The minimum absolute atomic E-state index is 0.346. The van der Waals surface area contributed by atoms with Gasteiger partial charge in [-0.15, -0.1) is 0 Å². The fraction of sp³-hybridized carbons (Fsp3) is 1.00. The Labute approximate surface area is 73.4 Å². The minimum Gasteiger partial charge on any atom is -0.396 e. The molecule has 1 aliphatic heterocycles. The molecule has 0 aromatic carbocycles. The van der Waals surface area contributed by atoms with Crippen molar-refractivity contribution in [1.29, 1.82) is 0 Å².